The van der Waals surface area contributed by atoms with Crippen LogP contribution in [0.3, 0.4) is 0 Å². The molecule has 1 saturated heterocycles. The number of pyridine rings is 1. The molecule has 96 valence electrons. The topological polar surface area (TPSA) is 52.5 Å². The molecule has 0 amide bonds. The molecule has 0 aliphatic carbocycles. The van der Waals surface area contributed by atoms with E-state index in [9.17, 15) is 0 Å². The summed E-state index contributed by atoms with van der Waals surface area (Å²) in [6, 6.07) is 6.04. The van der Waals surface area contributed by atoms with Crippen LogP contribution < -0.4 is 5.73 Å². The van der Waals surface area contributed by atoms with Crippen LogP contribution >= 0.6 is 11.8 Å². The molecule has 0 saturated carbocycles. The van der Waals surface area contributed by atoms with Crippen molar-refractivity contribution in [2.45, 2.75) is 29.7 Å². The molecule has 4 nitrogen and oxygen atoms in total. The number of ether oxygens (including phenoxy) is 1. The predicted octanol–water partition coefficient (Wildman–Crippen LogP) is 2.06. The Hall–Kier alpha value is -1.04. The molecular formula is C13H17N3OS. The van der Waals surface area contributed by atoms with E-state index in [1.807, 2.05) is 36.2 Å². The first-order valence-electron chi connectivity index (χ1n) is 6.29. The number of fused-ring (bicyclic) bond motifs is 1. The number of nitrogens with zero attached hydrogens (tertiary/aromatic N) is 2. The molecule has 0 aromatic carbocycles. The Morgan fingerprint density at radius 3 is 3.00 bits per heavy atom. The molecule has 3 rings (SSSR count). The van der Waals surface area contributed by atoms with Crippen molar-refractivity contribution in [2.75, 3.05) is 13.2 Å². The minimum Gasteiger partial charge on any atom is -0.381 e. The Balaban J connectivity index is 1.90. The predicted molar refractivity (Wildman–Crippen MR) is 72.8 cm³/mol. The molecule has 0 bridgehead atoms. The summed E-state index contributed by atoms with van der Waals surface area (Å²) in [5, 5.41) is 1.68. The van der Waals surface area contributed by atoms with E-state index in [2.05, 4.69) is 9.38 Å². The molecule has 1 aliphatic rings. The molecule has 1 fully saturated rings. The minimum atomic E-state index is 0.525. The first kappa shape index (κ1) is 12.0. The van der Waals surface area contributed by atoms with Gasteiger partial charge in [-0.05, 0) is 25.0 Å². The summed E-state index contributed by atoms with van der Waals surface area (Å²) >= 11 is 1.85. The molecule has 0 unspecified atom stereocenters. The second-order valence-electron chi connectivity index (χ2n) is 4.43. The lowest BCUT2D eigenvalue weighted by atomic mass is 10.2. The third-order valence-corrected chi connectivity index (χ3v) is 4.59. The highest BCUT2D eigenvalue weighted by Gasteiger charge is 2.19. The van der Waals surface area contributed by atoms with Crippen molar-refractivity contribution in [2.24, 2.45) is 5.73 Å². The molecular weight excluding hydrogens is 246 g/mol. The van der Waals surface area contributed by atoms with Gasteiger partial charge in [-0.1, -0.05) is 6.07 Å². The normalized spacial score (nSPS) is 17.4. The molecule has 5 heteroatoms. The largest absolute Gasteiger partial charge is 0.381 e. The highest BCUT2D eigenvalue weighted by Crippen LogP contribution is 2.31. The van der Waals surface area contributed by atoms with Crippen LogP contribution in [-0.4, -0.2) is 27.8 Å². The fourth-order valence-electron chi connectivity index (χ4n) is 2.26. The fourth-order valence-corrected chi connectivity index (χ4v) is 3.46. The van der Waals surface area contributed by atoms with E-state index < -0.39 is 0 Å². The van der Waals surface area contributed by atoms with E-state index in [1.54, 1.807) is 0 Å². The summed E-state index contributed by atoms with van der Waals surface area (Å²) in [5.74, 6) is 0. The molecule has 1 aliphatic heterocycles. The van der Waals surface area contributed by atoms with Crippen LogP contribution in [0.25, 0.3) is 5.65 Å². The minimum absolute atomic E-state index is 0.525. The highest BCUT2D eigenvalue weighted by molar-refractivity contribution is 7.99. The first-order chi connectivity index (χ1) is 8.88. The van der Waals surface area contributed by atoms with E-state index in [0.717, 1.165) is 42.4 Å². The van der Waals surface area contributed by atoms with Crippen molar-refractivity contribution < 1.29 is 4.74 Å². The third-order valence-electron chi connectivity index (χ3n) is 3.23. The summed E-state index contributed by atoms with van der Waals surface area (Å²) in [7, 11) is 0. The number of hydrogen-bond acceptors (Lipinski definition) is 4. The van der Waals surface area contributed by atoms with Gasteiger partial charge in [0.25, 0.3) is 0 Å². The smallest absolute Gasteiger partial charge is 0.138 e. The molecule has 18 heavy (non-hydrogen) atoms. The maximum Gasteiger partial charge on any atom is 0.138 e. The van der Waals surface area contributed by atoms with E-state index >= 15 is 0 Å². The van der Waals surface area contributed by atoms with Crippen molar-refractivity contribution in [3.05, 3.63) is 30.1 Å². The van der Waals surface area contributed by atoms with Gasteiger partial charge in [0.1, 0.15) is 10.7 Å². The first-order valence-corrected chi connectivity index (χ1v) is 7.17. The molecule has 0 radical (unpaired) electrons. The molecule has 2 aromatic heterocycles. The Bertz CT molecular complexity index is 534. The van der Waals surface area contributed by atoms with Crippen molar-refractivity contribution in [3.8, 4) is 0 Å². The van der Waals surface area contributed by atoms with Gasteiger partial charge in [0.05, 0.1) is 5.69 Å². The standard InChI is InChI=1S/C13H17N3OS/c14-9-11-13(18-10-4-7-17-8-5-10)15-12-3-1-2-6-16(11)12/h1-3,6,10H,4-5,7-9,14H2. The van der Waals surface area contributed by atoms with E-state index in [1.165, 1.54) is 0 Å². The van der Waals surface area contributed by atoms with Gasteiger partial charge in [-0.15, -0.1) is 11.8 Å². The second-order valence-corrected chi connectivity index (χ2v) is 5.72. The quantitative estimate of drug-likeness (QED) is 0.921. The van der Waals surface area contributed by atoms with Crippen LogP contribution in [0.2, 0.25) is 0 Å². The van der Waals surface area contributed by atoms with Gasteiger partial charge in [-0.3, -0.25) is 0 Å². The molecule has 3 heterocycles. The number of nitrogens with two attached hydrogens (primary N) is 1. The Morgan fingerprint density at radius 2 is 2.22 bits per heavy atom. The second kappa shape index (κ2) is 5.30. The number of thioether (sulfide) groups is 1. The van der Waals surface area contributed by atoms with Gasteiger partial charge >= 0.3 is 0 Å². The van der Waals surface area contributed by atoms with Crippen LogP contribution in [0.1, 0.15) is 18.5 Å². The van der Waals surface area contributed by atoms with Gasteiger partial charge in [-0.25, -0.2) is 4.98 Å². The summed E-state index contributed by atoms with van der Waals surface area (Å²) in [4.78, 5) is 4.68. The summed E-state index contributed by atoms with van der Waals surface area (Å²) < 4.78 is 7.47. The van der Waals surface area contributed by atoms with Gasteiger partial charge in [-0.2, -0.15) is 0 Å². The Labute approximate surface area is 111 Å². The monoisotopic (exact) mass is 263 g/mol. The Kier molecular flexibility index (Phi) is 3.54. The average Bonchev–Trinajstić information content (AvgIpc) is 2.77. The van der Waals surface area contributed by atoms with Crippen molar-refractivity contribution in [3.63, 3.8) is 0 Å². The van der Waals surface area contributed by atoms with Gasteiger partial charge in [0.2, 0.25) is 0 Å². The van der Waals surface area contributed by atoms with E-state index in [-0.39, 0.29) is 0 Å². The molecule has 0 atom stereocenters. The van der Waals surface area contributed by atoms with E-state index in [4.69, 9.17) is 10.5 Å². The van der Waals surface area contributed by atoms with Crippen molar-refractivity contribution in [1.29, 1.82) is 0 Å². The van der Waals surface area contributed by atoms with Crippen LogP contribution in [-0.2, 0) is 11.3 Å². The molecule has 0 spiro atoms. The zero-order valence-corrected chi connectivity index (χ0v) is 11.0. The zero-order valence-electron chi connectivity index (χ0n) is 10.2. The van der Waals surface area contributed by atoms with Crippen LogP contribution in [0.5, 0.6) is 0 Å². The number of rotatable bonds is 3. The SMILES string of the molecule is NCc1c(SC2CCOCC2)nc2ccccn12. The maximum atomic E-state index is 5.87. The molecule has 2 N–H and O–H groups in total. The van der Waals surface area contributed by atoms with Crippen LogP contribution in [0, 0.1) is 0 Å². The maximum absolute atomic E-state index is 5.87. The average molecular weight is 263 g/mol. The Morgan fingerprint density at radius 1 is 1.39 bits per heavy atom. The summed E-state index contributed by atoms with van der Waals surface area (Å²) in [5.41, 5.74) is 7.96. The number of imidazole rings is 1. The van der Waals surface area contributed by atoms with Gasteiger partial charge in [0.15, 0.2) is 0 Å². The zero-order chi connectivity index (χ0) is 12.4. The van der Waals surface area contributed by atoms with Crippen LogP contribution in [0.4, 0.5) is 0 Å². The number of aromatic nitrogens is 2. The lowest BCUT2D eigenvalue weighted by Crippen LogP contribution is -2.17. The molecule has 2 aromatic rings. The van der Waals surface area contributed by atoms with E-state index in [0.29, 0.717) is 11.8 Å². The van der Waals surface area contributed by atoms with Gasteiger partial charge in [0, 0.05) is 31.2 Å². The summed E-state index contributed by atoms with van der Waals surface area (Å²) in [6.07, 6.45) is 4.23. The van der Waals surface area contributed by atoms with Crippen LogP contribution in [0.15, 0.2) is 29.4 Å². The highest BCUT2D eigenvalue weighted by atomic mass is 32.2. The van der Waals surface area contributed by atoms with Crippen molar-refractivity contribution >= 4 is 17.4 Å². The third kappa shape index (κ3) is 2.25. The lowest BCUT2D eigenvalue weighted by molar-refractivity contribution is 0.1000. The van der Waals surface area contributed by atoms with Crippen molar-refractivity contribution in [1.82, 2.24) is 9.38 Å². The lowest BCUT2D eigenvalue weighted by Gasteiger charge is -2.20. The number of hydrogen-bond donors (Lipinski definition) is 1. The van der Waals surface area contributed by atoms with Gasteiger partial charge < -0.3 is 14.9 Å². The summed E-state index contributed by atoms with van der Waals surface area (Å²) in [6.45, 7) is 2.25. The fraction of sp³-hybridized carbons (Fsp3) is 0.462.